The van der Waals surface area contributed by atoms with Crippen molar-refractivity contribution in [1.82, 2.24) is 21.1 Å². The number of aromatic nitrogens is 1. The van der Waals surface area contributed by atoms with E-state index in [-0.39, 0.29) is 24.6 Å². The molecule has 0 radical (unpaired) electrons. The second kappa shape index (κ2) is 8.95. The molecule has 0 saturated heterocycles. The van der Waals surface area contributed by atoms with Crippen LogP contribution in [0.1, 0.15) is 43.4 Å². The lowest BCUT2D eigenvalue weighted by molar-refractivity contribution is -0.128. The van der Waals surface area contributed by atoms with Crippen LogP contribution in [0.15, 0.2) is 15.6 Å². The highest BCUT2D eigenvalue weighted by molar-refractivity contribution is 5.97. The normalized spacial score (nSPS) is 12.2. The molecule has 0 bridgehead atoms. The molecule has 3 N–H and O–H groups in total. The minimum absolute atomic E-state index is 0.0410. The van der Waals surface area contributed by atoms with Gasteiger partial charge in [-0.15, -0.1) is 0 Å². The van der Waals surface area contributed by atoms with Crippen LogP contribution in [0, 0.1) is 6.92 Å². The van der Waals surface area contributed by atoms with Crippen molar-refractivity contribution in [2.24, 2.45) is 4.99 Å². The Morgan fingerprint density at radius 2 is 2.04 bits per heavy atom. The molecule has 0 unspecified atom stereocenters. The number of aryl methyl sites for hydroxylation is 1. The van der Waals surface area contributed by atoms with Crippen LogP contribution in [0.4, 0.5) is 0 Å². The number of rotatable bonds is 8. The van der Waals surface area contributed by atoms with Crippen molar-refractivity contribution in [1.29, 1.82) is 0 Å². The molecule has 9 nitrogen and oxygen atoms in total. The molecule has 3 amide bonds. The van der Waals surface area contributed by atoms with Crippen molar-refractivity contribution >= 4 is 24.4 Å². The molecule has 9 heteroatoms. The molecule has 0 spiro atoms. The third-order valence-electron chi connectivity index (χ3n) is 2.96. The molecular formula is C16H25N5O4. The number of hydrogen-bond acceptors (Lipinski definition) is 6. The van der Waals surface area contributed by atoms with Crippen molar-refractivity contribution in [3.63, 3.8) is 0 Å². The standard InChI is InChI=1S/C16H25N5O4/c1-10-8-12(21-25-10)15(24)19-11(14(23)18-7-6-17-5)9-13(22)20-16(2,3)4/h8,11H,5-7,9H2,1-4H3,(H,18,23)(H,19,24)(H,20,22)/t11-/m0/s1. The van der Waals surface area contributed by atoms with E-state index in [2.05, 4.69) is 32.8 Å². The molecule has 1 aromatic rings. The lowest BCUT2D eigenvalue weighted by Crippen LogP contribution is -2.51. The molecule has 1 aromatic heterocycles. The summed E-state index contributed by atoms with van der Waals surface area (Å²) in [6.45, 7) is 11.1. The van der Waals surface area contributed by atoms with Gasteiger partial charge in [0, 0.05) is 18.2 Å². The topological polar surface area (TPSA) is 126 Å². The van der Waals surface area contributed by atoms with E-state index in [9.17, 15) is 14.4 Å². The number of hydrogen-bond donors (Lipinski definition) is 3. The van der Waals surface area contributed by atoms with Crippen LogP contribution in [0.3, 0.4) is 0 Å². The number of carbonyl (C=O) groups excluding carboxylic acids is 3. The third-order valence-corrected chi connectivity index (χ3v) is 2.96. The molecule has 138 valence electrons. The van der Waals surface area contributed by atoms with Gasteiger partial charge in [-0.2, -0.15) is 0 Å². The first-order valence-electron chi connectivity index (χ1n) is 7.88. The van der Waals surface area contributed by atoms with Crippen LogP contribution in [0.5, 0.6) is 0 Å². The average molecular weight is 351 g/mol. The number of amides is 3. The van der Waals surface area contributed by atoms with Gasteiger partial charge in [-0.1, -0.05) is 5.16 Å². The summed E-state index contributed by atoms with van der Waals surface area (Å²) in [7, 11) is 0. The van der Waals surface area contributed by atoms with Gasteiger partial charge in [-0.25, -0.2) is 0 Å². The van der Waals surface area contributed by atoms with Crippen LogP contribution in [-0.2, 0) is 9.59 Å². The van der Waals surface area contributed by atoms with Gasteiger partial charge in [0.25, 0.3) is 5.91 Å². The molecule has 25 heavy (non-hydrogen) atoms. The molecule has 1 heterocycles. The highest BCUT2D eigenvalue weighted by Crippen LogP contribution is 2.05. The summed E-state index contributed by atoms with van der Waals surface area (Å²) >= 11 is 0. The van der Waals surface area contributed by atoms with Gasteiger partial charge in [-0.3, -0.25) is 19.4 Å². The summed E-state index contributed by atoms with van der Waals surface area (Å²) in [5.41, 5.74) is -0.405. The quantitative estimate of drug-likeness (QED) is 0.456. The first-order valence-corrected chi connectivity index (χ1v) is 7.88. The largest absolute Gasteiger partial charge is 0.361 e. The number of nitrogens with zero attached hydrogens (tertiary/aromatic N) is 2. The maximum absolute atomic E-state index is 12.3. The first-order chi connectivity index (χ1) is 11.6. The van der Waals surface area contributed by atoms with E-state index < -0.39 is 23.4 Å². The van der Waals surface area contributed by atoms with E-state index in [1.165, 1.54) is 6.07 Å². The van der Waals surface area contributed by atoms with E-state index in [0.29, 0.717) is 12.3 Å². The van der Waals surface area contributed by atoms with Gasteiger partial charge in [0.2, 0.25) is 11.8 Å². The fraction of sp³-hybridized carbons (Fsp3) is 0.562. The number of nitrogens with one attached hydrogen (secondary N) is 3. The summed E-state index contributed by atoms with van der Waals surface area (Å²) in [6, 6.07) is 0.401. The number of carbonyl (C=O) groups is 3. The van der Waals surface area contributed by atoms with Crippen molar-refractivity contribution in [2.45, 2.75) is 45.7 Å². The SMILES string of the molecule is C=NCCNC(=O)[C@H](CC(=O)NC(C)(C)C)NC(=O)c1cc(C)on1. The fourth-order valence-corrected chi connectivity index (χ4v) is 1.95. The van der Waals surface area contributed by atoms with Gasteiger partial charge < -0.3 is 20.5 Å². The Kier molecular flexibility index (Phi) is 7.28. The maximum Gasteiger partial charge on any atom is 0.274 e. The minimum atomic E-state index is -1.04. The molecule has 0 fully saturated rings. The zero-order chi connectivity index (χ0) is 19.0. The second-order valence-electron chi connectivity index (χ2n) is 6.59. The average Bonchev–Trinajstić information content (AvgIpc) is 2.91. The zero-order valence-electron chi connectivity index (χ0n) is 15.0. The second-order valence-corrected chi connectivity index (χ2v) is 6.59. The Balaban J connectivity index is 2.79. The van der Waals surface area contributed by atoms with Crippen LogP contribution < -0.4 is 16.0 Å². The van der Waals surface area contributed by atoms with Gasteiger partial charge >= 0.3 is 0 Å². The zero-order valence-corrected chi connectivity index (χ0v) is 15.0. The van der Waals surface area contributed by atoms with Crippen molar-refractivity contribution < 1.29 is 18.9 Å². The Bertz CT molecular complexity index is 633. The lowest BCUT2D eigenvalue weighted by Gasteiger charge is -2.23. The van der Waals surface area contributed by atoms with Crippen LogP contribution in [0.25, 0.3) is 0 Å². The van der Waals surface area contributed by atoms with E-state index >= 15 is 0 Å². The van der Waals surface area contributed by atoms with E-state index in [1.54, 1.807) is 6.92 Å². The predicted molar refractivity (Wildman–Crippen MR) is 92.4 cm³/mol. The van der Waals surface area contributed by atoms with Crippen LogP contribution >= 0.6 is 0 Å². The smallest absolute Gasteiger partial charge is 0.274 e. The van der Waals surface area contributed by atoms with E-state index in [4.69, 9.17) is 4.52 Å². The van der Waals surface area contributed by atoms with Gasteiger partial charge in [-0.05, 0) is 34.4 Å². The summed E-state index contributed by atoms with van der Waals surface area (Å²) in [4.78, 5) is 40.2. The van der Waals surface area contributed by atoms with Gasteiger partial charge in [0.1, 0.15) is 11.8 Å². The molecule has 0 aromatic carbocycles. The fourth-order valence-electron chi connectivity index (χ4n) is 1.95. The summed E-state index contributed by atoms with van der Waals surface area (Å²) in [5.74, 6) is -0.969. The van der Waals surface area contributed by atoms with E-state index in [0.717, 1.165) is 0 Å². The van der Waals surface area contributed by atoms with Crippen molar-refractivity contribution in [3.8, 4) is 0 Å². The summed E-state index contributed by atoms with van der Waals surface area (Å²) in [5, 5.41) is 11.5. The third kappa shape index (κ3) is 7.60. The van der Waals surface area contributed by atoms with Crippen LogP contribution in [0.2, 0.25) is 0 Å². The monoisotopic (exact) mass is 351 g/mol. The molecule has 1 atom stereocenters. The molecular weight excluding hydrogens is 326 g/mol. The molecule has 0 aliphatic carbocycles. The Morgan fingerprint density at radius 3 is 2.56 bits per heavy atom. The van der Waals surface area contributed by atoms with Crippen molar-refractivity contribution in [3.05, 3.63) is 17.5 Å². The highest BCUT2D eigenvalue weighted by atomic mass is 16.5. The first kappa shape index (κ1) is 20.3. The van der Waals surface area contributed by atoms with Gasteiger partial charge in [0.05, 0.1) is 13.0 Å². The molecule has 0 aliphatic rings. The molecule has 1 rings (SSSR count). The Morgan fingerprint density at radius 1 is 1.36 bits per heavy atom. The Labute approximate surface area is 146 Å². The molecule has 0 aliphatic heterocycles. The van der Waals surface area contributed by atoms with Gasteiger partial charge in [0.15, 0.2) is 5.69 Å². The Hall–Kier alpha value is -2.71. The summed E-state index contributed by atoms with van der Waals surface area (Å²) < 4.78 is 4.84. The van der Waals surface area contributed by atoms with Crippen molar-refractivity contribution in [2.75, 3.05) is 13.1 Å². The van der Waals surface area contributed by atoms with E-state index in [1.807, 2.05) is 20.8 Å². The minimum Gasteiger partial charge on any atom is -0.361 e. The van der Waals surface area contributed by atoms with Crippen LogP contribution in [-0.4, -0.2) is 54.3 Å². The molecule has 0 saturated carbocycles. The lowest BCUT2D eigenvalue weighted by atomic mass is 10.1. The predicted octanol–water partition coefficient (Wildman–Crippen LogP) is 0.203. The highest BCUT2D eigenvalue weighted by Gasteiger charge is 2.26. The summed E-state index contributed by atoms with van der Waals surface area (Å²) in [6.07, 6.45) is -0.201. The number of aliphatic imine (C=N–C) groups is 1. The maximum atomic E-state index is 12.3.